The van der Waals surface area contributed by atoms with Crippen LogP contribution in [0.2, 0.25) is 0 Å². The third kappa shape index (κ3) is 3.14. The van der Waals surface area contributed by atoms with Gasteiger partial charge < -0.3 is 11.1 Å². The maximum atomic E-state index is 12.3. The minimum atomic E-state index is -0.350. The van der Waals surface area contributed by atoms with Crippen LogP contribution in [0.3, 0.4) is 0 Å². The van der Waals surface area contributed by atoms with Crippen LogP contribution >= 0.6 is 0 Å². The third-order valence-corrected chi connectivity index (χ3v) is 4.17. The molecule has 1 aromatic rings. The van der Waals surface area contributed by atoms with Crippen LogP contribution in [0.15, 0.2) is 9.59 Å². The molecule has 3 N–H and O–H groups in total. The molecule has 2 unspecified atom stereocenters. The van der Waals surface area contributed by atoms with Crippen molar-refractivity contribution >= 4 is 11.5 Å². The van der Waals surface area contributed by atoms with Crippen LogP contribution in [-0.2, 0) is 13.6 Å². The Bertz CT molecular complexity index is 630. The summed E-state index contributed by atoms with van der Waals surface area (Å²) in [6.45, 7) is 6.75. The first-order chi connectivity index (χ1) is 9.81. The lowest BCUT2D eigenvalue weighted by Gasteiger charge is -2.20. The Balaban J connectivity index is 2.42. The highest BCUT2D eigenvalue weighted by molar-refractivity contribution is 5.61. The van der Waals surface area contributed by atoms with E-state index in [4.69, 9.17) is 5.73 Å². The second-order valence-electron chi connectivity index (χ2n) is 6.67. The first kappa shape index (κ1) is 15.7. The molecule has 2 rings (SSSR count). The van der Waals surface area contributed by atoms with Gasteiger partial charge in [0.1, 0.15) is 11.5 Å². The zero-order valence-corrected chi connectivity index (χ0v) is 13.3. The lowest BCUT2D eigenvalue weighted by atomic mass is 10.1. The number of hydrogen-bond acceptors (Lipinski definition) is 4. The number of nitrogen functional groups attached to an aromatic ring is 1. The number of nitrogens with two attached hydrogens (primary N) is 1. The monoisotopic (exact) mass is 294 g/mol. The van der Waals surface area contributed by atoms with E-state index in [1.807, 2.05) is 13.8 Å². The zero-order chi connectivity index (χ0) is 15.7. The van der Waals surface area contributed by atoms with Gasteiger partial charge in [-0.25, -0.2) is 4.79 Å². The molecule has 1 heterocycles. The molecule has 0 radical (unpaired) electrons. The summed E-state index contributed by atoms with van der Waals surface area (Å²) in [6.07, 6.45) is 3.22. The van der Waals surface area contributed by atoms with E-state index in [2.05, 4.69) is 12.2 Å². The van der Waals surface area contributed by atoms with Gasteiger partial charge in [0, 0.05) is 19.6 Å². The summed E-state index contributed by atoms with van der Waals surface area (Å²) in [5, 5.41) is 3.27. The predicted molar refractivity (Wildman–Crippen MR) is 85.6 cm³/mol. The molecule has 6 heteroatoms. The SMILES string of the molecule is CC(C)Cn1c(N)c(NC2CCC(C)C2)c(=O)n(C)c1=O. The zero-order valence-electron chi connectivity index (χ0n) is 13.3. The molecule has 0 aromatic carbocycles. The summed E-state index contributed by atoms with van der Waals surface area (Å²) in [5.74, 6) is 1.20. The van der Waals surface area contributed by atoms with E-state index in [-0.39, 0.29) is 29.0 Å². The Labute approximate surface area is 125 Å². The quantitative estimate of drug-likeness (QED) is 0.879. The van der Waals surface area contributed by atoms with Gasteiger partial charge in [0.15, 0.2) is 0 Å². The molecule has 0 aliphatic heterocycles. The Morgan fingerprint density at radius 2 is 2.00 bits per heavy atom. The van der Waals surface area contributed by atoms with Crippen LogP contribution in [0.4, 0.5) is 11.5 Å². The largest absolute Gasteiger partial charge is 0.383 e. The van der Waals surface area contributed by atoms with Gasteiger partial charge in [-0.05, 0) is 31.1 Å². The molecule has 1 aliphatic carbocycles. The molecule has 6 nitrogen and oxygen atoms in total. The average molecular weight is 294 g/mol. The molecular weight excluding hydrogens is 268 g/mol. The van der Waals surface area contributed by atoms with Gasteiger partial charge in [0.2, 0.25) is 0 Å². The Kier molecular flexibility index (Phi) is 4.44. The molecule has 0 spiro atoms. The fraction of sp³-hybridized carbons (Fsp3) is 0.733. The van der Waals surface area contributed by atoms with Gasteiger partial charge in [0.05, 0.1) is 0 Å². The smallest absolute Gasteiger partial charge is 0.332 e. The van der Waals surface area contributed by atoms with E-state index in [0.717, 1.165) is 23.8 Å². The molecule has 118 valence electrons. The van der Waals surface area contributed by atoms with E-state index in [9.17, 15) is 9.59 Å². The van der Waals surface area contributed by atoms with Crippen molar-refractivity contribution < 1.29 is 0 Å². The molecular formula is C15H26N4O2. The molecule has 0 bridgehead atoms. The Hall–Kier alpha value is -1.72. The van der Waals surface area contributed by atoms with E-state index in [1.165, 1.54) is 11.6 Å². The molecule has 1 aromatic heterocycles. The van der Waals surface area contributed by atoms with Crippen molar-refractivity contribution in [3.8, 4) is 0 Å². The number of hydrogen-bond donors (Lipinski definition) is 2. The van der Waals surface area contributed by atoms with Crippen molar-refractivity contribution in [2.45, 2.75) is 52.6 Å². The molecule has 21 heavy (non-hydrogen) atoms. The van der Waals surface area contributed by atoms with Crippen LogP contribution in [0.1, 0.15) is 40.0 Å². The van der Waals surface area contributed by atoms with E-state index < -0.39 is 0 Å². The van der Waals surface area contributed by atoms with Crippen LogP contribution in [-0.4, -0.2) is 15.2 Å². The fourth-order valence-corrected chi connectivity index (χ4v) is 3.00. The van der Waals surface area contributed by atoms with Crippen LogP contribution in [0.25, 0.3) is 0 Å². The fourth-order valence-electron chi connectivity index (χ4n) is 3.00. The third-order valence-electron chi connectivity index (χ3n) is 4.17. The maximum Gasteiger partial charge on any atom is 0.332 e. The van der Waals surface area contributed by atoms with Crippen LogP contribution in [0.5, 0.6) is 0 Å². The van der Waals surface area contributed by atoms with E-state index >= 15 is 0 Å². The molecule has 2 atom stereocenters. The van der Waals surface area contributed by atoms with Gasteiger partial charge in [0.25, 0.3) is 5.56 Å². The van der Waals surface area contributed by atoms with Gasteiger partial charge in [-0.15, -0.1) is 0 Å². The van der Waals surface area contributed by atoms with Gasteiger partial charge in [-0.3, -0.25) is 13.9 Å². The normalized spacial score (nSPS) is 22.0. The topological polar surface area (TPSA) is 82.0 Å². The summed E-state index contributed by atoms with van der Waals surface area (Å²) >= 11 is 0. The molecule has 0 amide bonds. The maximum absolute atomic E-state index is 12.3. The van der Waals surface area contributed by atoms with Crippen molar-refractivity contribution in [1.82, 2.24) is 9.13 Å². The number of aromatic nitrogens is 2. The van der Waals surface area contributed by atoms with E-state index in [0.29, 0.717) is 18.2 Å². The van der Waals surface area contributed by atoms with Gasteiger partial charge in [-0.2, -0.15) is 0 Å². The molecule has 1 fully saturated rings. The van der Waals surface area contributed by atoms with E-state index in [1.54, 1.807) is 0 Å². The van der Waals surface area contributed by atoms with Gasteiger partial charge in [-0.1, -0.05) is 20.8 Å². The van der Waals surface area contributed by atoms with Crippen molar-refractivity contribution in [2.75, 3.05) is 11.1 Å². The first-order valence-corrected chi connectivity index (χ1v) is 7.67. The summed E-state index contributed by atoms with van der Waals surface area (Å²) in [5.41, 5.74) is 5.79. The van der Waals surface area contributed by atoms with Gasteiger partial charge >= 0.3 is 5.69 Å². The average Bonchev–Trinajstić information content (AvgIpc) is 2.83. The lowest BCUT2D eigenvalue weighted by Crippen LogP contribution is -2.42. The Morgan fingerprint density at radius 3 is 2.52 bits per heavy atom. The minimum absolute atomic E-state index is 0.261. The van der Waals surface area contributed by atoms with Crippen molar-refractivity contribution in [2.24, 2.45) is 18.9 Å². The standard InChI is InChI=1S/C15H26N4O2/c1-9(2)8-19-13(16)12(14(20)18(4)15(19)21)17-11-6-5-10(3)7-11/h9-11,17H,5-8,16H2,1-4H3. The number of nitrogens with zero attached hydrogens (tertiary/aromatic N) is 2. The highest BCUT2D eigenvalue weighted by atomic mass is 16.2. The van der Waals surface area contributed by atoms with Crippen molar-refractivity contribution in [3.05, 3.63) is 20.8 Å². The number of anilines is 2. The summed E-state index contributed by atoms with van der Waals surface area (Å²) in [4.78, 5) is 24.5. The number of nitrogens with one attached hydrogen (secondary N) is 1. The second kappa shape index (κ2) is 5.95. The minimum Gasteiger partial charge on any atom is -0.383 e. The predicted octanol–water partition coefficient (Wildman–Crippen LogP) is 1.39. The molecule has 0 saturated heterocycles. The molecule has 1 saturated carbocycles. The Morgan fingerprint density at radius 1 is 1.33 bits per heavy atom. The van der Waals surface area contributed by atoms with Crippen molar-refractivity contribution in [3.63, 3.8) is 0 Å². The second-order valence-corrected chi connectivity index (χ2v) is 6.67. The summed E-state index contributed by atoms with van der Waals surface area (Å²) in [7, 11) is 1.50. The highest BCUT2D eigenvalue weighted by Gasteiger charge is 2.24. The first-order valence-electron chi connectivity index (χ1n) is 7.67. The molecule has 1 aliphatic rings. The summed E-state index contributed by atoms with van der Waals surface area (Å²) < 4.78 is 2.63. The van der Waals surface area contributed by atoms with Crippen LogP contribution < -0.4 is 22.3 Å². The van der Waals surface area contributed by atoms with Crippen LogP contribution in [0, 0.1) is 11.8 Å². The number of rotatable bonds is 4. The lowest BCUT2D eigenvalue weighted by molar-refractivity contribution is 0.493. The summed E-state index contributed by atoms with van der Waals surface area (Å²) in [6, 6.07) is 0.264. The highest BCUT2D eigenvalue weighted by Crippen LogP contribution is 2.27. The van der Waals surface area contributed by atoms with Crippen molar-refractivity contribution in [1.29, 1.82) is 0 Å².